The van der Waals surface area contributed by atoms with E-state index in [9.17, 15) is 0 Å². The van der Waals surface area contributed by atoms with Gasteiger partial charge in [0, 0.05) is 11.3 Å². The number of likely N-dealkylation sites (tertiary alicyclic amines) is 1. The Morgan fingerprint density at radius 3 is 2.47 bits per heavy atom. The lowest BCUT2D eigenvalue weighted by molar-refractivity contribution is 0.224. The van der Waals surface area contributed by atoms with E-state index in [2.05, 4.69) is 28.2 Å². The van der Waals surface area contributed by atoms with Gasteiger partial charge in [-0.05, 0) is 64.5 Å². The van der Waals surface area contributed by atoms with Crippen molar-refractivity contribution in [2.75, 3.05) is 39.0 Å². The van der Waals surface area contributed by atoms with Crippen LogP contribution >= 0.6 is 11.8 Å². The van der Waals surface area contributed by atoms with Gasteiger partial charge in [-0.15, -0.1) is 0 Å². The first-order valence-electron chi connectivity index (χ1n) is 7.33. The van der Waals surface area contributed by atoms with Crippen LogP contribution in [0.3, 0.4) is 0 Å². The van der Waals surface area contributed by atoms with Gasteiger partial charge in [-0.2, -0.15) is 11.8 Å². The summed E-state index contributed by atoms with van der Waals surface area (Å²) >= 11 is 2.07. The molecule has 2 fully saturated rings. The molecule has 0 aromatic rings. The Morgan fingerprint density at radius 2 is 1.88 bits per heavy atom. The molecule has 1 aliphatic heterocycles. The molecule has 1 aliphatic carbocycles. The van der Waals surface area contributed by atoms with Crippen LogP contribution in [-0.2, 0) is 0 Å². The maximum atomic E-state index is 3.67. The third-order valence-electron chi connectivity index (χ3n) is 4.42. The number of piperidine rings is 1. The van der Waals surface area contributed by atoms with Crippen molar-refractivity contribution in [3.63, 3.8) is 0 Å². The van der Waals surface area contributed by atoms with Crippen molar-refractivity contribution in [1.29, 1.82) is 0 Å². The highest BCUT2D eigenvalue weighted by Gasteiger charge is 2.35. The van der Waals surface area contributed by atoms with E-state index in [4.69, 9.17) is 0 Å². The first-order chi connectivity index (χ1) is 8.35. The van der Waals surface area contributed by atoms with Gasteiger partial charge in [0.05, 0.1) is 0 Å². The zero-order chi connectivity index (χ0) is 12.0. The summed E-state index contributed by atoms with van der Waals surface area (Å²) in [6, 6.07) is 0. The monoisotopic (exact) mass is 256 g/mol. The minimum absolute atomic E-state index is 0.602. The van der Waals surface area contributed by atoms with Crippen molar-refractivity contribution >= 4 is 11.8 Å². The molecule has 3 heteroatoms. The molecule has 1 saturated heterocycles. The van der Waals surface area contributed by atoms with Crippen LogP contribution in [0.2, 0.25) is 0 Å². The molecule has 0 aromatic heterocycles. The topological polar surface area (TPSA) is 15.3 Å². The van der Waals surface area contributed by atoms with Gasteiger partial charge in [-0.3, -0.25) is 0 Å². The summed E-state index contributed by atoms with van der Waals surface area (Å²) in [6.45, 7) is 6.43. The maximum Gasteiger partial charge on any atom is 0.0281 e. The average Bonchev–Trinajstić information content (AvgIpc) is 2.33. The number of hydrogen-bond acceptors (Lipinski definition) is 3. The van der Waals surface area contributed by atoms with Gasteiger partial charge in [0.2, 0.25) is 0 Å². The third-order valence-corrected chi connectivity index (χ3v) is 5.84. The lowest BCUT2D eigenvalue weighted by atomic mass is 9.84. The fourth-order valence-electron chi connectivity index (χ4n) is 2.95. The second-order valence-corrected chi connectivity index (χ2v) is 6.95. The predicted octanol–water partition coefficient (Wildman–Crippen LogP) is 2.74. The molecule has 0 amide bonds. The average molecular weight is 256 g/mol. The first-order valence-corrected chi connectivity index (χ1v) is 8.55. The Morgan fingerprint density at radius 1 is 1.12 bits per heavy atom. The summed E-state index contributed by atoms with van der Waals surface area (Å²) < 4.78 is 0.602. The number of nitrogens with one attached hydrogen (secondary N) is 1. The number of rotatable bonds is 7. The van der Waals surface area contributed by atoms with E-state index in [0.717, 1.165) is 0 Å². The molecule has 100 valence electrons. The van der Waals surface area contributed by atoms with E-state index < -0.39 is 0 Å². The van der Waals surface area contributed by atoms with Crippen LogP contribution in [-0.4, -0.2) is 48.6 Å². The Kier molecular flexibility index (Phi) is 5.64. The van der Waals surface area contributed by atoms with Crippen molar-refractivity contribution in [2.45, 2.75) is 49.7 Å². The molecular weight excluding hydrogens is 228 g/mol. The van der Waals surface area contributed by atoms with Gasteiger partial charge >= 0.3 is 0 Å². The number of hydrogen-bond donors (Lipinski definition) is 1. The van der Waals surface area contributed by atoms with E-state index in [1.54, 1.807) is 0 Å². The highest BCUT2D eigenvalue weighted by atomic mass is 32.2. The van der Waals surface area contributed by atoms with Crippen LogP contribution in [0.15, 0.2) is 0 Å². The summed E-state index contributed by atoms with van der Waals surface area (Å²) in [6.07, 6.45) is 12.2. The molecule has 2 aliphatic rings. The fourth-order valence-corrected chi connectivity index (χ4v) is 3.89. The van der Waals surface area contributed by atoms with Crippen LogP contribution in [0.1, 0.15) is 44.9 Å². The molecule has 0 bridgehead atoms. The van der Waals surface area contributed by atoms with Gasteiger partial charge in [0.15, 0.2) is 0 Å². The van der Waals surface area contributed by atoms with Crippen LogP contribution < -0.4 is 5.32 Å². The van der Waals surface area contributed by atoms with E-state index >= 15 is 0 Å². The smallest absolute Gasteiger partial charge is 0.0281 e. The molecule has 1 N–H and O–H groups in total. The summed E-state index contributed by atoms with van der Waals surface area (Å²) in [7, 11) is 0. The minimum atomic E-state index is 0.602. The Labute approximate surface area is 111 Å². The van der Waals surface area contributed by atoms with Gasteiger partial charge in [0.25, 0.3) is 0 Å². The molecule has 1 saturated carbocycles. The SMILES string of the molecule is CSC1(CNCCCN2CCCCC2)CCC1. The normalized spacial score (nSPS) is 24.5. The molecule has 17 heavy (non-hydrogen) atoms. The van der Waals surface area contributed by atoms with Crippen molar-refractivity contribution in [2.24, 2.45) is 0 Å². The van der Waals surface area contributed by atoms with Gasteiger partial charge < -0.3 is 10.2 Å². The highest BCUT2D eigenvalue weighted by Crippen LogP contribution is 2.42. The first kappa shape index (κ1) is 13.7. The Balaban J connectivity index is 1.48. The largest absolute Gasteiger partial charge is 0.315 e. The van der Waals surface area contributed by atoms with Crippen molar-refractivity contribution in [3.05, 3.63) is 0 Å². The summed E-state index contributed by atoms with van der Waals surface area (Å²) in [5.74, 6) is 0. The van der Waals surface area contributed by atoms with E-state index in [-0.39, 0.29) is 0 Å². The summed E-state index contributed by atoms with van der Waals surface area (Å²) in [5.41, 5.74) is 0. The molecule has 2 rings (SSSR count). The van der Waals surface area contributed by atoms with Gasteiger partial charge in [0.1, 0.15) is 0 Å². The Bertz CT molecular complexity index is 205. The van der Waals surface area contributed by atoms with E-state index in [0.29, 0.717) is 4.75 Å². The number of nitrogens with zero attached hydrogens (tertiary/aromatic N) is 1. The van der Waals surface area contributed by atoms with Gasteiger partial charge in [-0.1, -0.05) is 12.8 Å². The van der Waals surface area contributed by atoms with Crippen LogP contribution in [0.4, 0.5) is 0 Å². The third kappa shape index (κ3) is 4.15. The lowest BCUT2D eigenvalue weighted by Crippen LogP contribution is -2.44. The zero-order valence-corrected chi connectivity index (χ0v) is 12.2. The summed E-state index contributed by atoms with van der Waals surface area (Å²) in [4.78, 5) is 2.64. The highest BCUT2D eigenvalue weighted by molar-refractivity contribution is 8.00. The molecule has 1 heterocycles. The van der Waals surface area contributed by atoms with Crippen molar-refractivity contribution in [1.82, 2.24) is 10.2 Å². The summed E-state index contributed by atoms with van der Waals surface area (Å²) in [5, 5.41) is 3.67. The van der Waals surface area contributed by atoms with Gasteiger partial charge in [-0.25, -0.2) is 0 Å². The molecule has 0 spiro atoms. The lowest BCUT2D eigenvalue weighted by Gasteiger charge is -2.40. The number of thioether (sulfide) groups is 1. The Hall–Kier alpha value is 0.270. The van der Waals surface area contributed by atoms with E-state index in [1.807, 2.05) is 0 Å². The second kappa shape index (κ2) is 7.01. The van der Waals surface area contributed by atoms with Crippen LogP contribution in [0.5, 0.6) is 0 Å². The molecule has 0 aromatic carbocycles. The fraction of sp³-hybridized carbons (Fsp3) is 1.00. The quantitative estimate of drug-likeness (QED) is 0.705. The standard InChI is InChI=1S/C14H28N2S/c1-17-14(7-5-8-14)13-15-9-6-12-16-10-3-2-4-11-16/h15H,2-13H2,1H3. The molecule has 0 atom stereocenters. The van der Waals surface area contributed by atoms with Crippen molar-refractivity contribution in [3.8, 4) is 0 Å². The zero-order valence-electron chi connectivity index (χ0n) is 11.3. The predicted molar refractivity (Wildman–Crippen MR) is 77.9 cm³/mol. The van der Waals surface area contributed by atoms with Crippen LogP contribution in [0, 0.1) is 0 Å². The molecule has 2 nitrogen and oxygen atoms in total. The molecule has 0 radical (unpaired) electrons. The molecular formula is C14H28N2S. The molecule has 0 unspecified atom stereocenters. The minimum Gasteiger partial charge on any atom is -0.315 e. The van der Waals surface area contributed by atoms with Crippen molar-refractivity contribution < 1.29 is 0 Å². The maximum absolute atomic E-state index is 3.67. The van der Waals surface area contributed by atoms with Crippen LogP contribution in [0.25, 0.3) is 0 Å². The van der Waals surface area contributed by atoms with E-state index in [1.165, 1.54) is 77.7 Å². The second-order valence-electron chi connectivity index (χ2n) is 5.67.